The number of phenolic OH excluding ortho intramolecular Hbond substituents is 1. The molecule has 32 heavy (non-hydrogen) atoms. The van der Waals surface area contributed by atoms with Gasteiger partial charge in [-0.1, -0.05) is 25.8 Å². The van der Waals surface area contributed by atoms with Crippen LogP contribution in [0.5, 0.6) is 23.3 Å². The molecule has 7 heteroatoms. The van der Waals surface area contributed by atoms with Crippen molar-refractivity contribution in [2.45, 2.75) is 70.8 Å². The molecule has 2 aromatic rings. The Morgan fingerprint density at radius 1 is 1.19 bits per heavy atom. The van der Waals surface area contributed by atoms with Crippen molar-refractivity contribution in [2.75, 3.05) is 0 Å². The summed E-state index contributed by atoms with van der Waals surface area (Å²) in [6.45, 7) is 6.25. The summed E-state index contributed by atoms with van der Waals surface area (Å²) < 4.78 is 7.04. The van der Waals surface area contributed by atoms with Crippen LogP contribution in [0, 0.1) is 5.92 Å². The van der Waals surface area contributed by atoms with Gasteiger partial charge in [-0.3, -0.25) is 0 Å². The third-order valence-corrected chi connectivity index (χ3v) is 6.66. The number of hydrogen-bond donors (Lipinski definition) is 3. The Morgan fingerprint density at radius 3 is 2.59 bits per heavy atom. The number of benzene rings is 1. The molecule has 2 atom stereocenters. The second kappa shape index (κ2) is 8.45. The van der Waals surface area contributed by atoms with Crippen molar-refractivity contribution >= 4 is 5.97 Å². The van der Waals surface area contributed by atoms with E-state index in [4.69, 9.17) is 9.57 Å². The minimum absolute atomic E-state index is 0.0803. The minimum Gasteiger partial charge on any atom is -0.508 e. The van der Waals surface area contributed by atoms with Crippen molar-refractivity contribution in [1.29, 1.82) is 0 Å². The first-order valence-corrected chi connectivity index (χ1v) is 11.3. The molecule has 0 fully saturated rings. The van der Waals surface area contributed by atoms with E-state index in [0.29, 0.717) is 28.9 Å². The summed E-state index contributed by atoms with van der Waals surface area (Å²) >= 11 is 0. The van der Waals surface area contributed by atoms with E-state index >= 15 is 0 Å². The zero-order valence-corrected chi connectivity index (χ0v) is 18.8. The number of hydrogen-bond acceptors (Lipinski definition) is 6. The number of aryl methyl sites for hydroxylation is 1. The van der Waals surface area contributed by atoms with Gasteiger partial charge in [0.2, 0.25) is 11.8 Å². The highest BCUT2D eigenvalue weighted by Gasteiger charge is 2.47. The molecule has 0 amide bonds. The van der Waals surface area contributed by atoms with Gasteiger partial charge in [0.15, 0.2) is 0 Å². The predicted octanol–water partition coefficient (Wildman–Crippen LogP) is 4.58. The molecule has 3 N–H and O–H groups in total. The Balaban J connectivity index is 1.61. The molecule has 0 bridgehead atoms. The minimum atomic E-state index is -0.647. The molecule has 1 aromatic heterocycles. The van der Waals surface area contributed by atoms with E-state index in [9.17, 15) is 20.1 Å². The Morgan fingerprint density at radius 2 is 1.91 bits per heavy atom. The first-order valence-electron chi connectivity index (χ1n) is 11.3. The number of rotatable bonds is 6. The van der Waals surface area contributed by atoms with Crippen LogP contribution in [0.1, 0.15) is 69.9 Å². The van der Waals surface area contributed by atoms with E-state index in [1.54, 1.807) is 0 Å². The zero-order valence-electron chi connectivity index (χ0n) is 18.8. The van der Waals surface area contributed by atoms with Gasteiger partial charge in [-0.15, -0.1) is 4.73 Å². The Kier molecular flexibility index (Phi) is 5.84. The van der Waals surface area contributed by atoms with Gasteiger partial charge in [0.1, 0.15) is 17.1 Å². The molecule has 2 heterocycles. The van der Waals surface area contributed by atoms with Gasteiger partial charge >= 0.3 is 5.97 Å². The fraction of sp³-hybridized carbons (Fsp3) is 0.480. The highest BCUT2D eigenvalue weighted by Crippen LogP contribution is 2.54. The number of unbranched alkanes of at least 4 members (excludes halogenated alkanes) is 2. The van der Waals surface area contributed by atoms with E-state index in [-0.39, 0.29) is 29.3 Å². The van der Waals surface area contributed by atoms with Gasteiger partial charge < -0.3 is 24.9 Å². The number of phenols is 1. The quantitative estimate of drug-likeness (QED) is 0.567. The molecule has 2 aliphatic rings. The van der Waals surface area contributed by atoms with Crippen LogP contribution in [0.4, 0.5) is 0 Å². The number of ether oxygens (including phenoxy) is 1. The van der Waals surface area contributed by atoms with Crippen LogP contribution >= 0.6 is 0 Å². The summed E-state index contributed by atoms with van der Waals surface area (Å²) in [4.78, 5) is 18.0. The normalized spacial score (nSPS) is 21.2. The lowest BCUT2D eigenvalue weighted by Crippen LogP contribution is -2.46. The molecule has 0 saturated carbocycles. The summed E-state index contributed by atoms with van der Waals surface area (Å²) in [6.07, 6.45) is 6.99. The van der Waals surface area contributed by atoms with E-state index in [1.165, 1.54) is 12.1 Å². The van der Waals surface area contributed by atoms with Crippen molar-refractivity contribution in [3.63, 3.8) is 0 Å². The summed E-state index contributed by atoms with van der Waals surface area (Å²) in [5.74, 6) is -0.527. The summed E-state index contributed by atoms with van der Waals surface area (Å²) in [7, 11) is 0. The van der Waals surface area contributed by atoms with E-state index in [1.807, 2.05) is 32.1 Å². The van der Waals surface area contributed by atoms with Crippen molar-refractivity contribution in [2.24, 2.45) is 5.92 Å². The standard InChI is InChI=1S/C25H31NO6/c1-4-5-6-7-15-12-19(27)23-17-14-16(24(30)32-26-21(28)10-11-22(26)29)8-9-18(17)25(2,3)31-20(23)13-15/h8,10-13,17-18,27-29H,4-7,9,14H2,1-3H3/t17-,18-/m0/s1. The molecule has 1 aliphatic carbocycles. The first kappa shape index (κ1) is 22.1. The monoisotopic (exact) mass is 441 g/mol. The lowest BCUT2D eigenvalue weighted by molar-refractivity contribution is -0.141. The highest BCUT2D eigenvalue weighted by molar-refractivity contribution is 5.89. The van der Waals surface area contributed by atoms with Crippen molar-refractivity contribution in [3.05, 3.63) is 47.0 Å². The van der Waals surface area contributed by atoms with Gasteiger partial charge in [0.05, 0.1) is 0 Å². The second-order valence-corrected chi connectivity index (χ2v) is 9.29. The molecule has 0 unspecified atom stereocenters. The summed E-state index contributed by atoms with van der Waals surface area (Å²) in [6, 6.07) is 6.32. The maximum Gasteiger partial charge on any atom is 0.359 e. The summed E-state index contributed by atoms with van der Waals surface area (Å²) in [5.41, 5.74) is 1.76. The fourth-order valence-corrected chi connectivity index (χ4v) is 4.98. The maximum absolute atomic E-state index is 12.8. The molecule has 0 radical (unpaired) electrons. The van der Waals surface area contributed by atoms with Crippen LogP contribution < -0.4 is 9.57 Å². The number of aromatic nitrogens is 1. The van der Waals surface area contributed by atoms with Crippen molar-refractivity contribution < 1.29 is 29.7 Å². The SMILES string of the molecule is CCCCCc1cc(O)c2c(c1)OC(C)(C)[C@H]1CC=C(C(=O)On3c(O)ccc3O)C[C@H]21. The molecular formula is C25H31NO6. The van der Waals surface area contributed by atoms with Crippen LogP contribution in [-0.4, -0.2) is 31.6 Å². The first-order chi connectivity index (χ1) is 15.2. The lowest BCUT2D eigenvalue weighted by Gasteiger charge is -2.47. The van der Waals surface area contributed by atoms with Crippen LogP contribution in [0.2, 0.25) is 0 Å². The third-order valence-electron chi connectivity index (χ3n) is 6.66. The lowest BCUT2D eigenvalue weighted by atomic mass is 9.67. The van der Waals surface area contributed by atoms with Crippen LogP contribution in [0.3, 0.4) is 0 Å². The smallest absolute Gasteiger partial charge is 0.359 e. The van der Waals surface area contributed by atoms with Crippen LogP contribution in [0.15, 0.2) is 35.9 Å². The number of nitrogens with zero attached hydrogens (tertiary/aromatic N) is 1. The molecule has 0 spiro atoms. The largest absolute Gasteiger partial charge is 0.508 e. The number of allylic oxidation sites excluding steroid dienone is 1. The molecule has 1 aliphatic heterocycles. The van der Waals surface area contributed by atoms with Gasteiger partial charge in [0, 0.05) is 35.1 Å². The summed E-state index contributed by atoms with van der Waals surface area (Å²) in [5, 5.41) is 30.4. The Hall–Kier alpha value is -3.09. The molecule has 0 saturated heterocycles. The number of carbonyl (C=O) groups excluding carboxylic acids is 1. The average molecular weight is 442 g/mol. The van der Waals surface area contributed by atoms with E-state index < -0.39 is 11.6 Å². The molecule has 1 aromatic carbocycles. The van der Waals surface area contributed by atoms with Gasteiger partial charge in [-0.05, 0) is 57.2 Å². The maximum atomic E-state index is 12.8. The number of aromatic hydroxyl groups is 3. The molecule has 172 valence electrons. The van der Waals surface area contributed by atoms with Crippen LogP contribution in [0.25, 0.3) is 0 Å². The predicted molar refractivity (Wildman–Crippen MR) is 119 cm³/mol. The molecule has 4 rings (SSSR count). The third kappa shape index (κ3) is 4.04. The Bertz CT molecular complexity index is 1030. The van der Waals surface area contributed by atoms with Crippen molar-refractivity contribution in [1.82, 2.24) is 4.73 Å². The zero-order chi connectivity index (χ0) is 23.0. The average Bonchev–Trinajstić information content (AvgIpc) is 3.05. The van der Waals surface area contributed by atoms with Gasteiger partial charge in [-0.25, -0.2) is 4.79 Å². The topological polar surface area (TPSA) is 101 Å². The van der Waals surface area contributed by atoms with E-state index in [2.05, 4.69) is 6.92 Å². The Labute approximate surface area is 187 Å². The highest BCUT2D eigenvalue weighted by atomic mass is 16.7. The van der Waals surface area contributed by atoms with Gasteiger partial charge in [0.25, 0.3) is 0 Å². The molecule has 7 nitrogen and oxygen atoms in total. The number of fused-ring (bicyclic) bond motifs is 3. The molecular weight excluding hydrogens is 410 g/mol. The van der Waals surface area contributed by atoms with Crippen LogP contribution in [-0.2, 0) is 11.2 Å². The van der Waals surface area contributed by atoms with Crippen molar-refractivity contribution in [3.8, 4) is 23.3 Å². The number of carbonyl (C=O) groups is 1. The fourth-order valence-electron chi connectivity index (χ4n) is 4.98. The van der Waals surface area contributed by atoms with E-state index in [0.717, 1.165) is 36.8 Å². The van der Waals surface area contributed by atoms with Gasteiger partial charge in [-0.2, -0.15) is 0 Å². The second-order valence-electron chi connectivity index (χ2n) is 9.29.